The van der Waals surface area contributed by atoms with E-state index in [4.69, 9.17) is 0 Å². The molecule has 3 aromatic rings. The second-order valence-electron chi connectivity index (χ2n) is 8.72. The zero-order valence-corrected chi connectivity index (χ0v) is 23.8. The van der Waals surface area contributed by atoms with Crippen LogP contribution >= 0.6 is 45.3 Å². The number of aromatic nitrogens is 1. The van der Waals surface area contributed by atoms with E-state index in [0.717, 1.165) is 66.5 Å². The van der Waals surface area contributed by atoms with Gasteiger partial charge in [0.15, 0.2) is 11.5 Å². The Hall–Kier alpha value is -1.39. The molecule has 0 saturated carbocycles. The Morgan fingerprint density at radius 1 is 1.15 bits per heavy atom. The number of rotatable bonds is 10. The summed E-state index contributed by atoms with van der Waals surface area (Å²) in [4.78, 5) is 14.5. The minimum atomic E-state index is -0.0271. The van der Waals surface area contributed by atoms with E-state index in [1.165, 1.54) is 36.2 Å². The van der Waals surface area contributed by atoms with Gasteiger partial charge in [-0.1, -0.05) is 49.7 Å². The third kappa shape index (κ3) is 7.07. The van der Waals surface area contributed by atoms with Gasteiger partial charge in [-0.3, -0.25) is 10.2 Å². The lowest BCUT2D eigenvalue weighted by atomic mass is 9.87. The molecule has 2 aromatic carbocycles. The Morgan fingerprint density at radius 2 is 1.97 bits per heavy atom. The van der Waals surface area contributed by atoms with Gasteiger partial charge in [-0.25, -0.2) is 5.01 Å². The molecule has 4 N–H and O–H groups in total. The molecule has 1 aromatic heterocycles. The number of benzene rings is 2. The van der Waals surface area contributed by atoms with E-state index in [-0.39, 0.29) is 50.3 Å². The van der Waals surface area contributed by atoms with E-state index in [0.29, 0.717) is 6.04 Å². The van der Waals surface area contributed by atoms with Gasteiger partial charge in [-0.2, -0.15) is 0 Å². The van der Waals surface area contributed by atoms with Crippen LogP contribution in [0.4, 0.5) is 0 Å². The number of phenols is 2. The number of hydrogen-bond acceptors (Lipinski definition) is 6. The van der Waals surface area contributed by atoms with Crippen LogP contribution in [0.3, 0.4) is 0 Å². The largest absolute Gasteiger partial charge is 0.504 e. The highest BCUT2D eigenvalue weighted by atomic mass is 79.9. The summed E-state index contributed by atoms with van der Waals surface area (Å²) in [5.74, 6) is 0.0194. The molecule has 9 heteroatoms. The summed E-state index contributed by atoms with van der Waals surface area (Å²) in [6.07, 6.45) is 8.35. The van der Waals surface area contributed by atoms with E-state index in [9.17, 15) is 15.0 Å². The van der Waals surface area contributed by atoms with Crippen molar-refractivity contribution in [1.29, 1.82) is 0 Å². The van der Waals surface area contributed by atoms with E-state index in [2.05, 4.69) is 34.5 Å². The average Bonchev–Trinajstić information content (AvgIpc) is 3.17. The SMILES string of the molecule is Br.Br.CCCCCCN(NCCc1ccc2sc(=O)[nH]c2c1)C1CCc2c(ccc(O)c2O)C1. The minimum Gasteiger partial charge on any atom is -0.504 e. The van der Waals surface area contributed by atoms with Crippen LogP contribution < -0.4 is 10.3 Å². The first-order valence-corrected chi connectivity index (χ1v) is 12.5. The van der Waals surface area contributed by atoms with Gasteiger partial charge in [0.05, 0.1) is 10.2 Å². The van der Waals surface area contributed by atoms with Gasteiger partial charge in [0.1, 0.15) is 0 Å². The second kappa shape index (κ2) is 13.6. The molecule has 1 aliphatic rings. The monoisotopic (exact) mass is 615 g/mol. The molecule has 1 heterocycles. The fraction of sp³-hybridized carbons (Fsp3) is 0.480. The van der Waals surface area contributed by atoms with Crippen LogP contribution in [0.2, 0.25) is 0 Å². The number of thiazole rings is 1. The smallest absolute Gasteiger partial charge is 0.305 e. The first-order valence-electron chi connectivity index (χ1n) is 11.7. The number of halogens is 2. The predicted octanol–water partition coefficient (Wildman–Crippen LogP) is 5.64. The highest BCUT2D eigenvalue weighted by Crippen LogP contribution is 2.36. The second-order valence-corrected chi connectivity index (χ2v) is 9.74. The fourth-order valence-corrected chi connectivity index (χ4v) is 5.38. The molecule has 1 unspecified atom stereocenters. The highest BCUT2D eigenvalue weighted by molar-refractivity contribution is 8.93. The third-order valence-electron chi connectivity index (χ3n) is 6.45. The Bertz CT molecular complexity index is 1120. The Morgan fingerprint density at radius 3 is 2.76 bits per heavy atom. The minimum absolute atomic E-state index is 0. The van der Waals surface area contributed by atoms with Crippen LogP contribution in [0.5, 0.6) is 11.5 Å². The number of unbranched alkanes of at least 4 members (excludes halogenated alkanes) is 3. The van der Waals surface area contributed by atoms with Crippen molar-refractivity contribution in [2.45, 2.75) is 64.3 Å². The van der Waals surface area contributed by atoms with Crippen molar-refractivity contribution in [3.63, 3.8) is 0 Å². The molecule has 34 heavy (non-hydrogen) atoms. The normalized spacial score (nSPS) is 15.1. The van der Waals surface area contributed by atoms with Crippen LogP contribution in [0.25, 0.3) is 10.2 Å². The molecule has 0 radical (unpaired) electrons. The maximum absolute atomic E-state index is 11.6. The van der Waals surface area contributed by atoms with Gasteiger partial charge in [0, 0.05) is 24.7 Å². The summed E-state index contributed by atoms with van der Waals surface area (Å²) in [6.45, 7) is 4.06. The maximum Gasteiger partial charge on any atom is 0.305 e. The molecular formula is C25H35Br2N3O3S. The predicted molar refractivity (Wildman–Crippen MR) is 151 cm³/mol. The fourth-order valence-electron chi connectivity index (χ4n) is 4.67. The van der Waals surface area contributed by atoms with Crippen molar-refractivity contribution in [3.05, 3.63) is 56.7 Å². The Balaban J connectivity index is 0.00000204. The lowest BCUT2D eigenvalue weighted by Crippen LogP contribution is -2.49. The van der Waals surface area contributed by atoms with Crippen molar-refractivity contribution < 1.29 is 10.2 Å². The van der Waals surface area contributed by atoms with Crippen molar-refractivity contribution in [2.24, 2.45) is 0 Å². The Kier molecular flexibility index (Phi) is 11.6. The lowest BCUT2D eigenvalue weighted by Gasteiger charge is -2.36. The quantitative estimate of drug-likeness (QED) is 0.134. The molecule has 4 rings (SSSR count). The summed E-state index contributed by atoms with van der Waals surface area (Å²) < 4.78 is 0.999. The number of aromatic hydroxyl groups is 2. The summed E-state index contributed by atoms with van der Waals surface area (Å²) in [5.41, 5.74) is 7.82. The molecule has 0 aliphatic heterocycles. The number of H-pyrrole nitrogens is 1. The van der Waals surface area contributed by atoms with Gasteiger partial charge in [0.2, 0.25) is 0 Å². The zero-order chi connectivity index (χ0) is 22.5. The number of nitrogens with one attached hydrogen (secondary N) is 2. The topological polar surface area (TPSA) is 88.6 Å². The van der Waals surface area contributed by atoms with Gasteiger partial charge in [-0.15, -0.1) is 34.0 Å². The molecule has 0 saturated heterocycles. The summed E-state index contributed by atoms with van der Waals surface area (Å²) in [5, 5.41) is 22.4. The van der Waals surface area contributed by atoms with Crippen LogP contribution in [0.15, 0.2) is 35.1 Å². The molecule has 0 spiro atoms. The van der Waals surface area contributed by atoms with Gasteiger partial charge in [0.25, 0.3) is 0 Å². The molecule has 1 atom stereocenters. The summed E-state index contributed by atoms with van der Waals surface area (Å²) in [7, 11) is 0. The van der Waals surface area contributed by atoms with Crippen LogP contribution in [-0.4, -0.2) is 39.3 Å². The molecule has 188 valence electrons. The van der Waals surface area contributed by atoms with Crippen LogP contribution in [0, 0.1) is 0 Å². The molecule has 0 amide bonds. The van der Waals surface area contributed by atoms with Crippen LogP contribution in [-0.2, 0) is 19.3 Å². The zero-order valence-electron chi connectivity index (χ0n) is 19.5. The van der Waals surface area contributed by atoms with E-state index in [1.807, 2.05) is 12.1 Å². The highest BCUT2D eigenvalue weighted by Gasteiger charge is 2.26. The number of hydrazine groups is 1. The van der Waals surface area contributed by atoms with Gasteiger partial charge >= 0.3 is 4.87 Å². The standard InChI is InChI=1S/C25H33N3O3S.2BrH/c1-2-3-4-5-14-28(19-8-9-20-18(16-19)7-10-22(29)24(20)30)26-13-12-17-6-11-23-21(15-17)27-25(31)32-23;;/h6-7,10-11,15,19,26,29-30H,2-5,8-9,12-14,16H2,1H3,(H,27,31);2*1H. The van der Waals surface area contributed by atoms with Crippen molar-refractivity contribution in [2.75, 3.05) is 13.1 Å². The summed E-state index contributed by atoms with van der Waals surface area (Å²) in [6, 6.07) is 10.1. The van der Waals surface area contributed by atoms with E-state index < -0.39 is 0 Å². The number of aromatic amines is 1. The lowest BCUT2D eigenvalue weighted by molar-refractivity contribution is 0.109. The average molecular weight is 617 g/mol. The number of phenolic OH excluding ortho intramolecular Hbond substituents is 2. The van der Waals surface area contributed by atoms with Crippen LogP contribution in [0.1, 0.15) is 55.7 Å². The molecule has 0 bridgehead atoms. The number of hydrogen-bond donors (Lipinski definition) is 4. The maximum atomic E-state index is 11.6. The van der Waals surface area contributed by atoms with Crippen molar-refractivity contribution in [3.8, 4) is 11.5 Å². The molecule has 6 nitrogen and oxygen atoms in total. The summed E-state index contributed by atoms with van der Waals surface area (Å²) >= 11 is 1.25. The van der Waals surface area contributed by atoms with E-state index >= 15 is 0 Å². The Labute approximate surface area is 225 Å². The van der Waals surface area contributed by atoms with Crippen molar-refractivity contribution in [1.82, 2.24) is 15.4 Å². The molecule has 1 aliphatic carbocycles. The van der Waals surface area contributed by atoms with Crippen molar-refractivity contribution >= 4 is 55.5 Å². The number of nitrogens with zero attached hydrogens (tertiary/aromatic N) is 1. The van der Waals surface area contributed by atoms with E-state index in [1.54, 1.807) is 6.07 Å². The van der Waals surface area contributed by atoms with Gasteiger partial charge < -0.3 is 15.2 Å². The third-order valence-corrected chi connectivity index (χ3v) is 7.31. The number of fused-ring (bicyclic) bond motifs is 2. The first kappa shape index (κ1) is 28.8. The molecular weight excluding hydrogens is 582 g/mol. The molecule has 0 fully saturated rings. The van der Waals surface area contributed by atoms with Gasteiger partial charge in [-0.05, 0) is 61.4 Å². The first-order chi connectivity index (χ1) is 15.5.